The van der Waals surface area contributed by atoms with E-state index < -0.39 is 0 Å². The summed E-state index contributed by atoms with van der Waals surface area (Å²) >= 11 is 0. The number of halogens is 1. The first-order chi connectivity index (χ1) is 13.3. The Balaban J connectivity index is 1.48. The van der Waals surface area contributed by atoms with Crippen molar-refractivity contribution in [2.45, 2.75) is 6.54 Å². The van der Waals surface area contributed by atoms with Crippen LogP contribution < -0.4 is 5.32 Å². The van der Waals surface area contributed by atoms with E-state index in [2.05, 4.69) is 25.4 Å². The van der Waals surface area contributed by atoms with E-state index in [1.807, 2.05) is 30.3 Å². The fourth-order valence-corrected chi connectivity index (χ4v) is 3.11. The Morgan fingerprint density at radius 3 is 2.89 bits per heavy atom. The minimum Gasteiger partial charge on any atom is -0.345 e. The Morgan fingerprint density at radius 1 is 1.04 bits per heavy atom. The summed E-state index contributed by atoms with van der Waals surface area (Å²) in [5, 5.41) is 8.57. The fraction of sp³-hybridized carbons (Fsp3) is 0.0500. The van der Waals surface area contributed by atoms with E-state index in [4.69, 9.17) is 0 Å². The molecule has 7 heteroatoms. The number of nitrogens with zero attached hydrogens (tertiary/aromatic N) is 4. The van der Waals surface area contributed by atoms with E-state index in [1.165, 1.54) is 6.07 Å². The third-order valence-corrected chi connectivity index (χ3v) is 4.50. The minimum absolute atomic E-state index is 0.235. The van der Waals surface area contributed by atoms with Gasteiger partial charge in [-0.15, -0.1) is 0 Å². The summed E-state index contributed by atoms with van der Waals surface area (Å²) in [4.78, 5) is 11.8. The molecule has 0 fully saturated rings. The van der Waals surface area contributed by atoms with Gasteiger partial charge in [0.2, 0.25) is 0 Å². The summed E-state index contributed by atoms with van der Waals surface area (Å²) < 4.78 is 15.8. The first-order valence-corrected chi connectivity index (χ1v) is 8.51. The summed E-state index contributed by atoms with van der Waals surface area (Å²) in [7, 11) is 0. The highest BCUT2D eigenvalue weighted by molar-refractivity contribution is 5.83. The lowest BCUT2D eigenvalue weighted by Gasteiger charge is -2.08. The van der Waals surface area contributed by atoms with Crippen LogP contribution in [0.4, 0.5) is 15.9 Å². The first kappa shape index (κ1) is 15.5. The van der Waals surface area contributed by atoms with Crippen molar-refractivity contribution >= 4 is 33.4 Å². The molecule has 5 aromatic rings. The number of nitrogens with one attached hydrogen (secondary N) is 2. The number of H-pyrrole nitrogens is 1. The monoisotopic (exact) mass is 358 g/mol. The molecule has 132 valence electrons. The summed E-state index contributed by atoms with van der Waals surface area (Å²) in [5.41, 5.74) is 4.23. The second-order valence-corrected chi connectivity index (χ2v) is 6.28. The second kappa shape index (κ2) is 6.21. The molecule has 0 spiro atoms. The lowest BCUT2D eigenvalue weighted by Crippen LogP contribution is -2.04. The van der Waals surface area contributed by atoms with E-state index in [9.17, 15) is 4.39 Å². The van der Waals surface area contributed by atoms with Gasteiger partial charge in [-0.1, -0.05) is 18.2 Å². The summed E-state index contributed by atoms with van der Waals surface area (Å²) in [5.74, 6) is 0.452. The molecule has 0 bridgehead atoms. The highest BCUT2D eigenvalue weighted by Crippen LogP contribution is 2.23. The van der Waals surface area contributed by atoms with Gasteiger partial charge in [-0.05, 0) is 24.3 Å². The molecule has 0 amide bonds. The molecule has 0 aliphatic rings. The SMILES string of the molecule is Fc1ccccc1Cn1ncc2cnc(Nc3ccc4[nH]cnc4c3)cc21. The quantitative estimate of drug-likeness (QED) is 0.504. The molecular weight excluding hydrogens is 343 g/mol. The lowest BCUT2D eigenvalue weighted by atomic mass is 10.2. The van der Waals surface area contributed by atoms with Crippen molar-refractivity contribution in [3.05, 3.63) is 78.6 Å². The smallest absolute Gasteiger partial charge is 0.132 e. The van der Waals surface area contributed by atoms with Gasteiger partial charge in [0.15, 0.2) is 0 Å². The Hall–Kier alpha value is -3.74. The van der Waals surface area contributed by atoms with Crippen molar-refractivity contribution in [3.8, 4) is 0 Å². The van der Waals surface area contributed by atoms with E-state index in [-0.39, 0.29) is 5.82 Å². The Bertz CT molecular complexity index is 1260. The molecule has 6 nitrogen and oxygen atoms in total. The predicted molar refractivity (Wildman–Crippen MR) is 102 cm³/mol. The van der Waals surface area contributed by atoms with Gasteiger partial charge >= 0.3 is 0 Å². The molecule has 5 rings (SSSR count). The molecule has 0 aliphatic heterocycles. The third kappa shape index (κ3) is 2.89. The van der Waals surface area contributed by atoms with Crippen molar-refractivity contribution in [2.24, 2.45) is 0 Å². The number of hydrogen-bond acceptors (Lipinski definition) is 4. The van der Waals surface area contributed by atoms with Crippen LogP contribution in [-0.4, -0.2) is 24.7 Å². The molecule has 0 aliphatic carbocycles. The van der Waals surface area contributed by atoms with Crippen LogP contribution >= 0.6 is 0 Å². The molecule has 2 N–H and O–H groups in total. The number of fused-ring (bicyclic) bond motifs is 2. The van der Waals surface area contributed by atoms with Crippen LogP contribution in [0.15, 0.2) is 67.3 Å². The topological polar surface area (TPSA) is 71.4 Å². The summed E-state index contributed by atoms with van der Waals surface area (Å²) in [6.07, 6.45) is 5.17. The zero-order valence-corrected chi connectivity index (χ0v) is 14.2. The lowest BCUT2D eigenvalue weighted by molar-refractivity contribution is 0.590. The maximum Gasteiger partial charge on any atom is 0.132 e. The molecule has 0 unspecified atom stereocenters. The van der Waals surface area contributed by atoms with E-state index in [0.717, 1.165) is 27.6 Å². The second-order valence-electron chi connectivity index (χ2n) is 6.28. The number of benzene rings is 2. The number of imidazole rings is 1. The number of aromatic amines is 1. The number of aromatic nitrogens is 5. The highest BCUT2D eigenvalue weighted by Gasteiger charge is 2.09. The van der Waals surface area contributed by atoms with Crippen molar-refractivity contribution < 1.29 is 4.39 Å². The van der Waals surface area contributed by atoms with Gasteiger partial charge in [0.1, 0.15) is 11.6 Å². The third-order valence-electron chi connectivity index (χ3n) is 4.50. The maximum absolute atomic E-state index is 14.0. The fourth-order valence-electron chi connectivity index (χ4n) is 3.11. The zero-order valence-electron chi connectivity index (χ0n) is 14.2. The molecule has 0 saturated carbocycles. The summed E-state index contributed by atoms with van der Waals surface area (Å²) in [6, 6.07) is 14.5. The zero-order chi connectivity index (χ0) is 18.2. The van der Waals surface area contributed by atoms with Crippen molar-refractivity contribution in [2.75, 3.05) is 5.32 Å². The largest absolute Gasteiger partial charge is 0.345 e. The van der Waals surface area contributed by atoms with Crippen LogP contribution in [0.3, 0.4) is 0 Å². The van der Waals surface area contributed by atoms with Crippen LogP contribution in [-0.2, 0) is 6.54 Å². The van der Waals surface area contributed by atoms with E-state index in [1.54, 1.807) is 35.5 Å². The van der Waals surface area contributed by atoms with Gasteiger partial charge in [0.05, 0.1) is 35.6 Å². The van der Waals surface area contributed by atoms with Crippen LogP contribution in [0.2, 0.25) is 0 Å². The van der Waals surface area contributed by atoms with Gasteiger partial charge < -0.3 is 10.3 Å². The molecule has 2 aromatic carbocycles. The first-order valence-electron chi connectivity index (χ1n) is 8.51. The van der Waals surface area contributed by atoms with Crippen LogP contribution in [0.1, 0.15) is 5.56 Å². The maximum atomic E-state index is 14.0. The number of rotatable bonds is 4. The average Bonchev–Trinajstić information content (AvgIpc) is 3.30. The number of hydrogen-bond donors (Lipinski definition) is 2. The van der Waals surface area contributed by atoms with Crippen LogP contribution in [0, 0.1) is 5.82 Å². The highest BCUT2D eigenvalue weighted by atomic mass is 19.1. The molecule has 3 aromatic heterocycles. The normalized spacial score (nSPS) is 11.3. The van der Waals surface area contributed by atoms with Gasteiger partial charge in [0, 0.05) is 28.9 Å². The standard InChI is InChI=1S/C20H15FN6/c21-16-4-2-1-3-13(16)11-27-19-8-20(22-9-14(19)10-25-27)26-15-5-6-17-18(7-15)24-12-23-17/h1-10,12H,11H2,(H,22,26)(H,23,24). The molecule has 0 radical (unpaired) electrons. The van der Waals surface area contributed by atoms with Crippen molar-refractivity contribution in [3.63, 3.8) is 0 Å². The molecule has 0 atom stereocenters. The van der Waals surface area contributed by atoms with Gasteiger partial charge in [-0.25, -0.2) is 14.4 Å². The van der Waals surface area contributed by atoms with Gasteiger partial charge in [-0.2, -0.15) is 5.10 Å². The predicted octanol–water partition coefficient (Wildman–Crippen LogP) is 4.24. The molecule has 0 saturated heterocycles. The Labute approximate surface area is 153 Å². The van der Waals surface area contributed by atoms with Crippen molar-refractivity contribution in [1.29, 1.82) is 0 Å². The van der Waals surface area contributed by atoms with Gasteiger partial charge in [0.25, 0.3) is 0 Å². The summed E-state index contributed by atoms with van der Waals surface area (Å²) in [6.45, 7) is 0.360. The molecule has 27 heavy (non-hydrogen) atoms. The van der Waals surface area contributed by atoms with Crippen LogP contribution in [0.5, 0.6) is 0 Å². The molecule has 3 heterocycles. The van der Waals surface area contributed by atoms with E-state index in [0.29, 0.717) is 17.9 Å². The Kier molecular flexibility index (Phi) is 3.57. The average molecular weight is 358 g/mol. The number of anilines is 2. The Morgan fingerprint density at radius 2 is 1.96 bits per heavy atom. The van der Waals surface area contributed by atoms with E-state index >= 15 is 0 Å². The van der Waals surface area contributed by atoms with Crippen LogP contribution in [0.25, 0.3) is 21.9 Å². The van der Waals surface area contributed by atoms with Gasteiger partial charge in [-0.3, -0.25) is 4.68 Å². The number of pyridine rings is 1. The van der Waals surface area contributed by atoms with Crippen molar-refractivity contribution in [1.82, 2.24) is 24.7 Å². The molecular formula is C20H15FN6. The minimum atomic E-state index is -0.235.